The first kappa shape index (κ1) is 9.57. The van der Waals surface area contributed by atoms with Gasteiger partial charge in [-0.25, -0.2) is 9.37 Å². The van der Waals surface area contributed by atoms with Crippen molar-refractivity contribution in [1.29, 1.82) is 0 Å². The lowest BCUT2D eigenvalue weighted by molar-refractivity contribution is 0.379. The minimum Gasteiger partial charge on any atom is -0.370 e. The summed E-state index contributed by atoms with van der Waals surface area (Å²) in [7, 11) is 0. The lowest BCUT2D eigenvalue weighted by atomic mass is 10.4. The monoisotopic (exact) mass is 208 g/mol. The van der Waals surface area contributed by atoms with Gasteiger partial charge in [0, 0.05) is 13.0 Å². The number of rotatable bonds is 4. The highest BCUT2D eigenvalue weighted by Gasteiger charge is 1.99. The molecule has 0 saturated heterocycles. The molecule has 0 saturated carbocycles. The van der Waals surface area contributed by atoms with E-state index in [1.54, 1.807) is 6.07 Å². The van der Waals surface area contributed by atoms with E-state index < -0.39 is 0 Å². The third kappa shape index (κ3) is 2.73. The number of anilines is 1. The molecule has 0 spiro atoms. The Morgan fingerprint density at radius 3 is 2.93 bits per heavy atom. The summed E-state index contributed by atoms with van der Waals surface area (Å²) in [5, 5.41) is 6.48. The van der Waals surface area contributed by atoms with Gasteiger partial charge in [-0.3, -0.25) is 0 Å². The summed E-state index contributed by atoms with van der Waals surface area (Å²) in [6.07, 6.45) is 3.12. The summed E-state index contributed by atoms with van der Waals surface area (Å²) < 4.78 is 17.3. The van der Waals surface area contributed by atoms with E-state index in [1.165, 1.54) is 12.4 Å². The summed E-state index contributed by atoms with van der Waals surface area (Å²) in [6, 6.07) is 2.92. The molecule has 0 radical (unpaired) electrons. The molecule has 15 heavy (non-hydrogen) atoms. The van der Waals surface area contributed by atoms with E-state index in [-0.39, 0.29) is 5.82 Å². The van der Waals surface area contributed by atoms with Crippen LogP contribution >= 0.6 is 0 Å². The summed E-state index contributed by atoms with van der Waals surface area (Å²) >= 11 is 0. The first-order valence-electron chi connectivity index (χ1n) is 4.45. The van der Waals surface area contributed by atoms with Gasteiger partial charge in [-0.1, -0.05) is 5.16 Å². The molecule has 1 N–H and O–H groups in total. The van der Waals surface area contributed by atoms with Crippen molar-refractivity contribution in [3.8, 4) is 0 Å². The van der Waals surface area contributed by atoms with Crippen molar-refractivity contribution in [3.63, 3.8) is 0 Å². The maximum atomic E-state index is 12.5. The quantitative estimate of drug-likeness (QED) is 0.819. The molecule has 0 aromatic carbocycles. The van der Waals surface area contributed by atoms with E-state index in [1.807, 2.05) is 0 Å². The van der Waals surface area contributed by atoms with Crippen LogP contribution in [0.25, 0.3) is 0 Å². The van der Waals surface area contributed by atoms with Crippen molar-refractivity contribution < 1.29 is 8.91 Å². The molecule has 78 valence electrons. The Hall–Kier alpha value is -1.98. The van der Waals surface area contributed by atoms with Gasteiger partial charge in [0.2, 0.25) is 5.89 Å². The van der Waals surface area contributed by atoms with Crippen molar-refractivity contribution in [2.45, 2.75) is 6.42 Å². The second kappa shape index (κ2) is 4.50. The Balaban J connectivity index is 1.81. The molecule has 0 fully saturated rings. The van der Waals surface area contributed by atoms with Crippen molar-refractivity contribution in [2.75, 3.05) is 11.9 Å². The van der Waals surface area contributed by atoms with E-state index in [0.717, 1.165) is 6.20 Å². The second-order valence-corrected chi connectivity index (χ2v) is 2.87. The number of pyridine rings is 1. The second-order valence-electron chi connectivity index (χ2n) is 2.87. The van der Waals surface area contributed by atoms with Gasteiger partial charge >= 0.3 is 0 Å². The zero-order valence-electron chi connectivity index (χ0n) is 7.85. The fraction of sp³-hybridized carbons (Fsp3) is 0.222. The van der Waals surface area contributed by atoms with E-state index in [4.69, 9.17) is 4.52 Å². The first-order valence-corrected chi connectivity index (χ1v) is 4.45. The van der Waals surface area contributed by atoms with Crippen LogP contribution in [0.5, 0.6) is 0 Å². The molecule has 2 heterocycles. The largest absolute Gasteiger partial charge is 0.370 e. The normalized spacial score (nSPS) is 10.2. The number of nitrogens with one attached hydrogen (secondary N) is 1. The molecule has 0 atom stereocenters. The van der Waals surface area contributed by atoms with Gasteiger partial charge in [-0.05, 0) is 12.1 Å². The molecule has 0 aliphatic heterocycles. The average Bonchev–Trinajstić information content (AvgIpc) is 2.74. The van der Waals surface area contributed by atoms with Crippen molar-refractivity contribution in [3.05, 3.63) is 36.4 Å². The van der Waals surface area contributed by atoms with Gasteiger partial charge in [-0.15, -0.1) is 0 Å². The fourth-order valence-corrected chi connectivity index (χ4v) is 1.08. The molecule has 2 aromatic rings. The maximum absolute atomic E-state index is 12.5. The first-order chi connectivity index (χ1) is 7.34. The van der Waals surface area contributed by atoms with E-state index in [0.29, 0.717) is 24.7 Å². The molecular formula is C9H9FN4O. The zero-order chi connectivity index (χ0) is 10.5. The van der Waals surface area contributed by atoms with Gasteiger partial charge in [0.1, 0.15) is 11.6 Å². The molecule has 0 aliphatic rings. The van der Waals surface area contributed by atoms with Crippen LogP contribution in [-0.4, -0.2) is 21.7 Å². The van der Waals surface area contributed by atoms with Crippen LogP contribution in [0.2, 0.25) is 0 Å². The standard InChI is InChI=1S/C9H9FN4O/c10-7-1-2-8(12-5-7)11-4-3-9-13-6-14-15-9/h1-2,5-6H,3-4H2,(H,11,12). The van der Waals surface area contributed by atoms with E-state index in [2.05, 4.69) is 20.4 Å². The SMILES string of the molecule is Fc1ccc(NCCc2ncno2)nc1. The minimum absolute atomic E-state index is 0.350. The number of hydrogen-bond acceptors (Lipinski definition) is 5. The average molecular weight is 208 g/mol. The molecule has 0 unspecified atom stereocenters. The molecule has 0 aliphatic carbocycles. The van der Waals surface area contributed by atoms with Crippen LogP contribution in [0.15, 0.2) is 29.2 Å². The topological polar surface area (TPSA) is 63.8 Å². The highest BCUT2D eigenvalue weighted by molar-refractivity contribution is 5.33. The van der Waals surface area contributed by atoms with Crippen molar-refractivity contribution in [2.24, 2.45) is 0 Å². The third-order valence-corrected chi connectivity index (χ3v) is 1.78. The number of aromatic nitrogens is 3. The van der Waals surface area contributed by atoms with Gasteiger partial charge in [-0.2, -0.15) is 4.98 Å². The summed E-state index contributed by atoms with van der Waals surface area (Å²) in [5.74, 6) is 0.831. The fourth-order valence-electron chi connectivity index (χ4n) is 1.08. The zero-order valence-corrected chi connectivity index (χ0v) is 7.85. The Kier molecular flexibility index (Phi) is 2.87. The molecule has 5 nitrogen and oxygen atoms in total. The number of hydrogen-bond donors (Lipinski definition) is 1. The Labute approximate surface area is 85.3 Å². The maximum Gasteiger partial charge on any atom is 0.228 e. The van der Waals surface area contributed by atoms with Gasteiger partial charge in [0.15, 0.2) is 6.33 Å². The van der Waals surface area contributed by atoms with Crippen LogP contribution in [-0.2, 0) is 6.42 Å². The van der Waals surface area contributed by atoms with Crippen LogP contribution < -0.4 is 5.32 Å². The number of halogens is 1. The van der Waals surface area contributed by atoms with E-state index >= 15 is 0 Å². The molecule has 0 bridgehead atoms. The van der Waals surface area contributed by atoms with Crippen LogP contribution in [0.3, 0.4) is 0 Å². The minimum atomic E-state index is -0.350. The van der Waals surface area contributed by atoms with Crippen molar-refractivity contribution >= 4 is 5.82 Å². The number of nitrogens with zero attached hydrogens (tertiary/aromatic N) is 3. The third-order valence-electron chi connectivity index (χ3n) is 1.78. The smallest absolute Gasteiger partial charge is 0.228 e. The highest BCUT2D eigenvalue weighted by atomic mass is 19.1. The van der Waals surface area contributed by atoms with Crippen LogP contribution in [0, 0.1) is 5.82 Å². The lowest BCUT2D eigenvalue weighted by Crippen LogP contribution is -2.06. The van der Waals surface area contributed by atoms with Gasteiger partial charge < -0.3 is 9.84 Å². The molecule has 2 rings (SSSR count). The highest BCUT2D eigenvalue weighted by Crippen LogP contribution is 2.03. The molecule has 2 aromatic heterocycles. The molecule has 0 amide bonds. The Bertz CT molecular complexity index is 401. The van der Waals surface area contributed by atoms with Crippen LogP contribution in [0.4, 0.5) is 10.2 Å². The Morgan fingerprint density at radius 2 is 2.27 bits per heavy atom. The summed E-state index contributed by atoms with van der Waals surface area (Å²) in [4.78, 5) is 7.71. The Morgan fingerprint density at radius 1 is 1.33 bits per heavy atom. The summed E-state index contributed by atoms with van der Waals surface area (Å²) in [5.41, 5.74) is 0. The predicted octanol–water partition coefficient (Wildman–Crippen LogP) is 1.26. The lowest BCUT2D eigenvalue weighted by Gasteiger charge is -2.02. The molecule has 6 heteroatoms. The van der Waals surface area contributed by atoms with Gasteiger partial charge in [0.25, 0.3) is 0 Å². The summed E-state index contributed by atoms with van der Waals surface area (Å²) in [6.45, 7) is 0.612. The predicted molar refractivity (Wildman–Crippen MR) is 50.7 cm³/mol. The van der Waals surface area contributed by atoms with E-state index in [9.17, 15) is 4.39 Å². The molecular weight excluding hydrogens is 199 g/mol. The van der Waals surface area contributed by atoms with Crippen molar-refractivity contribution in [1.82, 2.24) is 15.1 Å². The van der Waals surface area contributed by atoms with Gasteiger partial charge in [0.05, 0.1) is 6.20 Å². The van der Waals surface area contributed by atoms with Crippen LogP contribution in [0.1, 0.15) is 5.89 Å².